The van der Waals surface area contributed by atoms with Gasteiger partial charge in [-0.15, -0.1) is 0 Å². The highest BCUT2D eigenvalue weighted by Gasteiger charge is 2.28. The van der Waals surface area contributed by atoms with E-state index in [1.165, 1.54) is 10.9 Å². The fourth-order valence-corrected chi connectivity index (χ4v) is 5.76. The maximum atomic E-state index is 12.8. The van der Waals surface area contributed by atoms with E-state index in [-0.39, 0.29) is 55.6 Å². The molecule has 8 N–H and O–H groups in total. The highest BCUT2D eigenvalue weighted by molar-refractivity contribution is 5.88. The van der Waals surface area contributed by atoms with Crippen LogP contribution in [0.4, 0.5) is 0 Å². The second-order valence-electron chi connectivity index (χ2n) is 16.0. The number of aromatic nitrogens is 1. The number of hydrogen-bond donors (Lipinski definition) is 7. The number of rotatable bonds is 35. The van der Waals surface area contributed by atoms with Crippen LogP contribution in [0.15, 0.2) is 30.5 Å². The van der Waals surface area contributed by atoms with Crippen molar-refractivity contribution in [2.75, 3.05) is 92.2 Å². The fraction of sp³-hybridized carbons (Fsp3) is 0.690. The lowest BCUT2D eigenvalue weighted by Gasteiger charge is -2.28. The first-order valence-electron chi connectivity index (χ1n) is 20.7. The molecule has 0 spiro atoms. The zero-order valence-electron chi connectivity index (χ0n) is 35.6. The highest BCUT2D eigenvalue weighted by atomic mass is 16.6. The summed E-state index contributed by atoms with van der Waals surface area (Å²) in [5.74, 6) is -2.02. The summed E-state index contributed by atoms with van der Waals surface area (Å²) in [6.07, 6.45) is 4.69. The van der Waals surface area contributed by atoms with Crippen LogP contribution < -0.4 is 27.0 Å². The minimum absolute atomic E-state index is 0.00763. The molecule has 0 aliphatic carbocycles. The number of ether oxygens (including phenoxy) is 5. The molecule has 2 rings (SSSR count). The first-order valence-corrected chi connectivity index (χ1v) is 20.7. The summed E-state index contributed by atoms with van der Waals surface area (Å²) in [6.45, 7) is 12.7. The third-order valence-corrected chi connectivity index (χ3v) is 9.13. The molecule has 1 atom stereocenters. The molecule has 17 nitrogen and oxygen atoms in total. The van der Waals surface area contributed by atoms with E-state index in [9.17, 15) is 24.0 Å². The summed E-state index contributed by atoms with van der Waals surface area (Å²) in [4.78, 5) is 64.2. The van der Waals surface area contributed by atoms with Crippen molar-refractivity contribution < 1.29 is 52.8 Å². The summed E-state index contributed by atoms with van der Waals surface area (Å²) < 4.78 is 27.7. The van der Waals surface area contributed by atoms with Crippen LogP contribution in [0, 0.1) is 10.8 Å². The van der Waals surface area contributed by atoms with E-state index in [2.05, 4.69) is 32.3 Å². The van der Waals surface area contributed by atoms with E-state index < -0.39 is 23.3 Å². The average Bonchev–Trinajstić information content (AvgIpc) is 3.60. The lowest BCUT2D eigenvalue weighted by Crippen LogP contribution is -2.48. The zero-order chi connectivity index (χ0) is 43.4. The Labute approximate surface area is 348 Å². The lowest BCUT2D eigenvalue weighted by atomic mass is 9.89. The maximum Gasteiger partial charge on any atom is 0.303 e. The van der Waals surface area contributed by atoms with E-state index in [0.29, 0.717) is 98.4 Å². The van der Waals surface area contributed by atoms with E-state index in [4.69, 9.17) is 34.5 Å². The molecule has 1 aromatic heterocycles. The van der Waals surface area contributed by atoms with Crippen LogP contribution >= 0.6 is 0 Å². The second-order valence-corrected chi connectivity index (χ2v) is 16.0. The minimum atomic E-state index is -1.06. The Morgan fingerprint density at radius 1 is 0.695 bits per heavy atom. The molecule has 0 aliphatic rings. The largest absolute Gasteiger partial charge is 0.481 e. The van der Waals surface area contributed by atoms with Crippen LogP contribution in [0.25, 0.3) is 10.9 Å². The number of benzene rings is 1. The van der Waals surface area contributed by atoms with Crippen molar-refractivity contribution in [1.82, 2.24) is 26.3 Å². The predicted molar refractivity (Wildman–Crippen MR) is 224 cm³/mol. The van der Waals surface area contributed by atoms with Crippen molar-refractivity contribution in [1.29, 1.82) is 0 Å². The molecule has 2 aromatic rings. The zero-order valence-corrected chi connectivity index (χ0v) is 35.6. The summed E-state index contributed by atoms with van der Waals surface area (Å²) in [5, 5.41) is 21.4. The number of carbonyl (C=O) groups is 5. The van der Waals surface area contributed by atoms with E-state index in [1.54, 1.807) is 0 Å². The van der Waals surface area contributed by atoms with Crippen molar-refractivity contribution >= 4 is 40.5 Å². The molecule has 0 unspecified atom stereocenters. The van der Waals surface area contributed by atoms with Crippen molar-refractivity contribution in [3.63, 3.8) is 0 Å². The number of fused-ring (bicyclic) bond motifs is 1. The number of carboxylic acid groups (broad SMARTS) is 1. The monoisotopic (exact) mass is 835 g/mol. The summed E-state index contributed by atoms with van der Waals surface area (Å²) in [7, 11) is 0. The molecule has 334 valence electrons. The van der Waals surface area contributed by atoms with Gasteiger partial charge in [0.05, 0.1) is 66.1 Å². The van der Waals surface area contributed by atoms with Gasteiger partial charge in [-0.25, -0.2) is 0 Å². The van der Waals surface area contributed by atoms with Crippen LogP contribution in [0.2, 0.25) is 0 Å². The average molecular weight is 835 g/mol. The van der Waals surface area contributed by atoms with Gasteiger partial charge in [0, 0.05) is 67.8 Å². The second kappa shape index (κ2) is 29.2. The molecule has 17 heteroatoms. The number of hydrogen-bond acceptors (Lipinski definition) is 11. The predicted octanol–water partition coefficient (Wildman–Crippen LogP) is 2.45. The first kappa shape index (κ1) is 51.0. The van der Waals surface area contributed by atoms with Gasteiger partial charge in [-0.05, 0) is 49.3 Å². The maximum absolute atomic E-state index is 12.8. The van der Waals surface area contributed by atoms with Crippen molar-refractivity contribution in [3.8, 4) is 0 Å². The molecule has 0 aliphatic heterocycles. The molecule has 0 bridgehead atoms. The third kappa shape index (κ3) is 24.5. The van der Waals surface area contributed by atoms with E-state index >= 15 is 0 Å². The molecular weight excluding hydrogens is 764 g/mol. The summed E-state index contributed by atoms with van der Waals surface area (Å²) >= 11 is 0. The number of nitrogens with two attached hydrogens (primary N) is 1. The normalized spacial score (nSPS) is 12.3. The molecule has 1 heterocycles. The third-order valence-electron chi connectivity index (χ3n) is 9.13. The highest BCUT2D eigenvalue weighted by Crippen LogP contribution is 2.23. The number of H-pyrrole nitrogens is 1. The number of nitrogens with one attached hydrogen (secondary N) is 5. The summed E-state index contributed by atoms with van der Waals surface area (Å²) in [5.41, 5.74) is 7.37. The van der Waals surface area contributed by atoms with E-state index in [1.807, 2.05) is 52.1 Å². The fourth-order valence-electron chi connectivity index (χ4n) is 5.76. The number of carbonyl (C=O) groups excluding carboxylic acids is 4. The van der Waals surface area contributed by atoms with Gasteiger partial charge in [0.15, 0.2) is 0 Å². The topological polar surface area (TPSA) is 242 Å². The minimum Gasteiger partial charge on any atom is -0.481 e. The van der Waals surface area contributed by atoms with Gasteiger partial charge in [0.1, 0.15) is 6.04 Å². The Hall–Kier alpha value is -4.13. The van der Waals surface area contributed by atoms with E-state index in [0.717, 1.165) is 18.4 Å². The molecule has 0 saturated carbocycles. The van der Waals surface area contributed by atoms with Crippen LogP contribution in [0.3, 0.4) is 0 Å². The van der Waals surface area contributed by atoms with Gasteiger partial charge in [-0.2, -0.15) is 0 Å². The van der Waals surface area contributed by atoms with Crippen LogP contribution in [0.5, 0.6) is 0 Å². The molecule has 0 radical (unpaired) electrons. The number of aliphatic carboxylic acids is 1. The number of aryl methyl sites for hydroxylation is 1. The standard InChI is InChI=1S/C42H70N6O11/c1-41(2,30-59-31-42(3,4)29-43)27-38(51)48-35(14-15-39(52)53)40(54)46-18-20-56-22-24-58-26-25-57-23-21-55-19-17-45-37(50)13-8-16-44-36(49)12-7-9-32-28-47-34-11-6-5-10-33(32)34/h5-6,10-11,28,35,47H,7-9,12-27,29-31,43H2,1-4H3,(H,44,49)(H,45,50)(H,46,54)(H,48,51)(H,52,53)/t35-/m1/s1. The molecular formula is C42H70N6O11. The summed E-state index contributed by atoms with van der Waals surface area (Å²) in [6, 6.07) is 7.12. The molecule has 0 saturated heterocycles. The molecule has 59 heavy (non-hydrogen) atoms. The van der Waals surface area contributed by atoms with Crippen molar-refractivity contribution in [3.05, 3.63) is 36.0 Å². The Balaban J connectivity index is 1.40. The lowest BCUT2D eigenvalue weighted by molar-refractivity contribution is -0.138. The Bertz CT molecular complexity index is 1530. The van der Waals surface area contributed by atoms with Crippen LogP contribution in [-0.4, -0.2) is 138 Å². The van der Waals surface area contributed by atoms with Crippen molar-refractivity contribution in [2.24, 2.45) is 16.6 Å². The van der Waals surface area contributed by atoms with Gasteiger partial charge in [0.25, 0.3) is 0 Å². The molecule has 1 aromatic carbocycles. The Kier molecular flexibility index (Phi) is 25.2. The first-order chi connectivity index (χ1) is 28.2. The smallest absolute Gasteiger partial charge is 0.303 e. The van der Waals surface area contributed by atoms with Gasteiger partial charge in [0.2, 0.25) is 23.6 Å². The van der Waals surface area contributed by atoms with Crippen LogP contribution in [-0.2, 0) is 54.1 Å². The molecule has 0 fully saturated rings. The van der Waals surface area contributed by atoms with Gasteiger partial charge >= 0.3 is 5.97 Å². The number of para-hydroxylation sites is 1. The quantitative estimate of drug-likeness (QED) is 0.0496. The Morgan fingerprint density at radius 3 is 1.88 bits per heavy atom. The molecule has 4 amide bonds. The van der Waals surface area contributed by atoms with Crippen LogP contribution in [0.1, 0.15) is 78.2 Å². The number of aromatic amines is 1. The van der Waals surface area contributed by atoms with Gasteiger partial charge in [-0.1, -0.05) is 45.9 Å². The van der Waals surface area contributed by atoms with Gasteiger partial charge < -0.3 is 60.8 Å². The number of carboxylic acids is 1. The van der Waals surface area contributed by atoms with Crippen molar-refractivity contribution in [2.45, 2.75) is 85.1 Å². The van der Waals surface area contributed by atoms with Gasteiger partial charge in [-0.3, -0.25) is 24.0 Å². The number of amides is 4. The SMILES string of the molecule is CC(C)(CN)COCC(C)(C)CC(=O)N[C@H](CCC(=O)O)C(=O)NCCOCCOCCOCCOCCNC(=O)CCCNC(=O)CCCc1c[nH]c2ccccc12. The Morgan fingerprint density at radius 2 is 1.25 bits per heavy atom.